The summed E-state index contributed by atoms with van der Waals surface area (Å²) in [5.41, 5.74) is 1.50. The van der Waals surface area contributed by atoms with Crippen LogP contribution in [0.2, 0.25) is 0 Å². The Morgan fingerprint density at radius 1 is 0.594 bits per heavy atom. The third kappa shape index (κ3) is 4.89. The largest absolute Gasteiger partial charge is 0.314 e. The molecule has 0 spiro atoms. The van der Waals surface area contributed by atoms with E-state index in [1.165, 1.54) is 57.3 Å². The molecule has 0 aliphatic carbocycles. The zero-order valence-corrected chi connectivity index (χ0v) is 19.1. The average molecular weight is 429 g/mol. The first-order valence-corrected chi connectivity index (χ1v) is 12.4. The van der Waals surface area contributed by atoms with Crippen LogP contribution in [0.15, 0.2) is 54.6 Å². The number of hydrogen-bond acceptors (Lipinski definition) is 4. The summed E-state index contributed by atoms with van der Waals surface area (Å²) in [6, 6.07) is 20.5. The zero-order chi connectivity index (χ0) is 21.6. The number of nitrogens with one attached hydrogen (secondary N) is 3. The van der Waals surface area contributed by atoms with Gasteiger partial charge >= 0.3 is 0 Å². The third-order valence-electron chi connectivity index (χ3n) is 6.96. The molecule has 4 nitrogen and oxygen atoms in total. The lowest BCUT2D eigenvalue weighted by Gasteiger charge is -2.23. The van der Waals surface area contributed by atoms with Gasteiger partial charge in [0.25, 0.3) is 0 Å². The van der Waals surface area contributed by atoms with E-state index < -0.39 is 0 Å². The Labute approximate surface area is 191 Å². The Balaban J connectivity index is 1.23. The minimum atomic E-state index is 1.06. The van der Waals surface area contributed by atoms with Crippen LogP contribution in [0, 0.1) is 0 Å². The van der Waals surface area contributed by atoms with Crippen molar-refractivity contribution in [1.29, 1.82) is 0 Å². The van der Waals surface area contributed by atoms with Gasteiger partial charge in [-0.3, -0.25) is 0 Å². The van der Waals surface area contributed by atoms with Gasteiger partial charge < -0.3 is 20.9 Å². The van der Waals surface area contributed by atoms with Crippen molar-refractivity contribution in [3.8, 4) is 0 Å². The first-order chi connectivity index (χ1) is 15.9. The van der Waals surface area contributed by atoms with E-state index in [-0.39, 0.29) is 0 Å². The molecule has 3 N–H and O–H groups in total. The van der Waals surface area contributed by atoms with Gasteiger partial charge in [0.1, 0.15) is 0 Å². The van der Waals surface area contributed by atoms with E-state index in [2.05, 4.69) is 75.4 Å². The molecule has 1 heterocycles. The van der Waals surface area contributed by atoms with Gasteiger partial charge in [-0.05, 0) is 63.7 Å². The maximum atomic E-state index is 3.57. The van der Waals surface area contributed by atoms with E-state index in [9.17, 15) is 0 Å². The highest BCUT2D eigenvalue weighted by Crippen LogP contribution is 2.36. The number of unbranched alkanes of at least 4 members (excludes halogenated alkanes) is 1. The molecular formula is C28H36N4. The van der Waals surface area contributed by atoms with Crippen LogP contribution >= 0.6 is 0 Å². The van der Waals surface area contributed by atoms with Gasteiger partial charge in [0.05, 0.1) is 0 Å². The number of hydrogen-bond donors (Lipinski definition) is 3. The highest BCUT2D eigenvalue weighted by atomic mass is 15.2. The molecule has 4 heteroatoms. The van der Waals surface area contributed by atoms with Crippen LogP contribution in [0.5, 0.6) is 0 Å². The van der Waals surface area contributed by atoms with Crippen LogP contribution in [0.25, 0.3) is 32.3 Å². The lowest BCUT2D eigenvalue weighted by Crippen LogP contribution is -2.42. The van der Waals surface area contributed by atoms with Crippen molar-refractivity contribution in [2.24, 2.45) is 0 Å². The molecule has 168 valence electrons. The van der Waals surface area contributed by atoms with Crippen LogP contribution in [-0.4, -0.2) is 63.8 Å². The summed E-state index contributed by atoms with van der Waals surface area (Å²) in [5, 5.41) is 19.0. The van der Waals surface area contributed by atoms with E-state index in [4.69, 9.17) is 0 Å². The monoisotopic (exact) mass is 428 g/mol. The SMILES string of the molecule is c1cc2ccc3ccc(CCCCN4CCNCCNCCNCC4)c4ccc(c1)c2c34. The maximum absolute atomic E-state index is 3.57. The van der Waals surface area contributed by atoms with Gasteiger partial charge in [0.15, 0.2) is 0 Å². The fourth-order valence-corrected chi connectivity index (χ4v) is 5.20. The van der Waals surface area contributed by atoms with Crippen molar-refractivity contribution in [2.45, 2.75) is 19.3 Å². The summed E-state index contributed by atoms with van der Waals surface area (Å²) in [5.74, 6) is 0. The molecule has 1 fully saturated rings. The molecule has 0 amide bonds. The highest BCUT2D eigenvalue weighted by Gasteiger charge is 2.11. The normalized spacial score (nSPS) is 17.6. The molecule has 1 saturated heterocycles. The predicted octanol–water partition coefficient (Wildman–Crippen LogP) is 3.99. The molecule has 0 saturated carbocycles. The average Bonchev–Trinajstić information content (AvgIpc) is 2.82. The van der Waals surface area contributed by atoms with Crippen LogP contribution in [-0.2, 0) is 6.42 Å². The van der Waals surface area contributed by atoms with Crippen LogP contribution in [0.3, 0.4) is 0 Å². The number of nitrogens with zero attached hydrogens (tertiary/aromatic N) is 1. The lowest BCUT2D eigenvalue weighted by molar-refractivity contribution is 0.266. The topological polar surface area (TPSA) is 39.3 Å². The van der Waals surface area contributed by atoms with Gasteiger partial charge in [0.2, 0.25) is 0 Å². The van der Waals surface area contributed by atoms with Crippen molar-refractivity contribution < 1.29 is 0 Å². The van der Waals surface area contributed by atoms with E-state index in [0.717, 1.165) is 58.8 Å². The third-order valence-corrected chi connectivity index (χ3v) is 6.96. The summed E-state index contributed by atoms with van der Waals surface area (Å²) in [6.45, 7) is 9.86. The first-order valence-electron chi connectivity index (χ1n) is 12.4. The first kappa shape index (κ1) is 21.6. The van der Waals surface area contributed by atoms with Gasteiger partial charge in [0, 0.05) is 52.4 Å². The quantitative estimate of drug-likeness (QED) is 0.332. The molecule has 1 aliphatic heterocycles. The van der Waals surface area contributed by atoms with Crippen molar-refractivity contribution in [3.63, 3.8) is 0 Å². The minimum Gasteiger partial charge on any atom is -0.314 e. The lowest BCUT2D eigenvalue weighted by atomic mass is 9.90. The zero-order valence-electron chi connectivity index (χ0n) is 19.1. The maximum Gasteiger partial charge on any atom is 0.0107 e. The summed E-state index contributed by atoms with van der Waals surface area (Å²) >= 11 is 0. The molecule has 4 aromatic carbocycles. The van der Waals surface area contributed by atoms with Gasteiger partial charge in [-0.15, -0.1) is 0 Å². The van der Waals surface area contributed by atoms with Crippen molar-refractivity contribution in [2.75, 3.05) is 58.9 Å². The summed E-state index contributed by atoms with van der Waals surface area (Å²) in [7, 11) is 0. The highest BCUT2D eigenvalue weighted by molar-refractivity contribution is 6.23. The molecule has 32 heavy (non-hydrogen) atoms. The fraction of sp³-hybridized carbons (Fsp3) is 0.429. The Morgan fingerprint density at radius 2 is 1.19 bits per heavy atom. The molecular weight excluding hydrogens is 392 g/mol. The van der Waals surface area contributed by atoms with Crippen molar-refractivity contribution in [1.82, 2.24) is 20.9 Å². The fourth-order valence-electron chi connectivity index (χ4n) is 5.20. The predicted molar refractivity (Wildman–Crippen MR) is 138 cm³/mol. The summed E-state index contributed by atoms with van der Waals surface area (Å²) < 4.78 is 0. The number of benzene rings is 4. The smallest absolute Gasteiger partial charge is 0.0107 e. The molecule has 4 aromatic rings. The van der Waals surface area contributed by atoms with Crippen LogP contribution in [0.1, 0.15) is 18.4 Å². The van der Waals surface area contributed by atoms with Crippen molar-refractivity contribution in [3.05, 3.63) is 60.2 Å². The van der Waals surface area contributed by atoms with E-state index in [1.807, 2.05) is 0 Å². The van der Waals surface area contributed by atoms with Gasteiger partial charge in [-0.1, -0.05) is 54.6 Å². The second-order valence-electron chi connectivity index (χ2n) is 9.13. The Kier molecular flexibility index (Phi) is 7.14. The Bertz CT molecular complexity index is 1110. The molecule has 1 aliphatic rings. The standard InChI is InChI=1S/C28H36N4/c1(2-19-32-20-17-30-15-13-29-14-16-31-18-21-32)4-22-7-8-25-10-9-23-5-3-6-24-11-12-26(22)28(25)27(23)24/h3,5-12,29-31H,1-2,4,13-21H2. The van der Waals surface area contributed by atoms with Crippen LogP contribution in [0.4, 0.5) is 0 Å². The minimum absolute atomic E-state index is 1.06. The molecule has 0 atom stereocenters. The molecule has 0 unspecified atom stereocenters. The summed E-state index contributed by atoms with van der Waals surface area (Å²) in [4.78, 5) is 2.62. The Hall–Kier alpha value is -2.24. The molecule has 0 bridgehead atoms. The van der Waals surface area contributed by atoms with Crippen molar-refractivity contribution >= 4 is 32.3 Å². The second-order valence-corrected chi connectivity index (χ2v) is 9.13. The summed E-state index contributed by atoms with van der Waals surface area (Å²) in [6.07, 6.45) is 3.65. The second kappa shape index (κ2) is 10.6. The van der Waals surface area contributed by atoms with E-state index in [0.29, 0.717) is 0 Å². The van der Waals surface area contributed by atoms with E-state index in [1.54, 1.807) is 0 Å². The number of aryl methyl sites for hydroxylation is 1. The Morgan fingerprint density at radius 3 is 1.91 bits per heavy atom. The van der Waals surface area contributed by atoms with E-state index >= 15 is 0 Å². The van der Waals surface area contributed by atoms with Gasteiger partial charge in [-0.25, -0.2) is 0 Å². The molecule has 0 aromatic heterocycles. The molecule has 0 radical (unpaired) electrons. The molecule has 5 rings (SSSR count). The number of rotatable bonds is 5. The van der Waals surface area contributed by atoms with Gasteiger partial charge in [-0.2, -0.15) is 0 Å². The van der Waals surface area contributed by atoms with Crippen LogP contribution < -0.4 is 16.0 Å².